The number of imidazole rings is 1. The lowest BCUT2D eigenvalue weighted by Gasteiger charge is -2.24. The summed E-state index contributed by atoms with van der Waals surface area (Å²) in [6.07, 6.45) is 11.7. The van der Waals surface area contributed by atoms with Gasteiger partial charge in [0.25, 0.3) is 11.5 Å². The smallest absolute Gasteiger partial charge is 0.274 e. The molecule has 2 bridgehead atoms. The normalized spacial score (nSPS) is 29.3. The van der Waals surface area contributed by atoms with E-state index in [1.54, 1.807) is 21.2 Å². The predicted molar refractivity (Wildman–Crippen MR) is 133 cm³/mol. The number of pyridine rings is 1. The summed E-state index contributed by atoms with van der Waals surface area (Å²) in [5.74, 6) is 0.259. The van der Waals surface area contributed by atoms with Crippen LogP contribution < -0.4 is 15.6 Å². The zero-order valence-corrected chi connectivity index (χ0v) is 20.9. The number of fused-ring (bicyclic) bond motifs is 3. The molecule has 1 amide bonds. The molecule has 36 heavy (non-hydrogen) atoms. The Morgan fingerprint density at radius 2 is 2.06 bits per heavy atom. The molecule has 4 aliphatic rings. The van der Waals surface area contributed by atoms with E-state index in [-0.39, 0.29) is 45.9 Å². The van der Waals surface area contributed by atoms with E-state index in [1.165, 1.54) is 12.8 Å². The average molecular weight is 490 g/mol. The van der Waals surface area contributed by atoms with Crippen molar-refractivity contribution in [1.82, 2.24) is 18.9 Å². The van der Waals surface area contributed by atoms with Crippen molar-refractivity contribution >= 4 is 17.4 Å². The Morgan fingerprint density at radius 3 is 2.69 bits per heavy atom. The Kier molecular flexibility index (Phi) is 4.40. The molecule has 3 aliphatic carbocycles. The number of anilines is 1. The topological polar surface area (TPSA) is 99.8 Å². The fraction of sp³-hybridized carbons (Fsp3) is 0.556. The van der Waals surface area contributed by atoms with E-state index in [0.29, 0.717) is 17.8 Å². The van der Waals surface area contributed by atoms with Crippen LogP contribution in [0.5, 0.6) is 5.88 Å². The van der Waals surface area contributed by atoms with E-state index >= 15 is 0 Å². The van der Waals surface area contributed by atoms with E-state index in [1.807, 2.05) is 32.3 Å². The number of hydrogen-bond acceptors (Lipinski definition) is 6. The monoisotopic (exact) mass is 489 g/mol. The Bertz CT molecular complexity index is 1460. The average Bonchev–Trinajstić information content (AvgIpc) is 3.61. The van der Waals surface area contributed by atoms with Gasteiger partial charge in [0.05, 0.1) is 24.0 Å². The molecule has 3 atom stereocenters. The third kappa shape index (κ3) is 3.32. The molecule has 1 aliphatic heterocycles. The number of aromatic nitrogens is 4. The Hall–Kier alpha value is -3.20. The van der Waals surface area contributed by atoms with Gasteiger partial charge >= 0.3 is 0 Å². The SMILES string of the molecule is CC(C)Oc1nc2nc(C34CC[C@@](C)(C3)OC4)cn2cc1C(=O)Nc1cccn(C2CC23CC3)c1=O. The number of amides is 1. The standard InChI is InChI=1S/C27H31N5O4/c1-16(2)36-22-17(21(33)28-18-5-4-10-32(23(18)34)20-11-26(20)8-9-26)12-31-13-19(29-24(31)30-22)27-7-6-25(3,14-27)35-15-27/h4-5,10,12-13,16,20H,6-9,11,14-15H2,1-3H3,(H,28,33)/t20?,25-,27?/m0/s1. The van der Waals surface area contributed by atoms with Crippen molar-refractivity contribution in [3.63, 3.8) is 0 Å². The Balaban J connectivity index is 1.23. The van der Waals surface area contributed by atoms with E-state index in [9.17, 15) is 9.59 Å². The lowest BCUT2D eigenvalue weighted by molar-refractivity contribution is -0.00627. The summed E-state index contributed by atoms with van der Waals surface area (Å²) in [4.78, 5) is 36.0. The van der Waals surface area contributed by atoms with Gasteiger partial charge in [0.1, 0.15) is 11.3 Å². The summed E-state index contributed by atoms with van der Waals surface area (Å²) in [5, 5.41) is 2.82. The summed E-state index contributed by atoms with van der Waals surface area (Å²) in [6, 6.07) is 3.72. The van der Waals surface area contributed by atoms with E-state index in [2.05, 4.69) is 17.2 Å². The van der Waals surface area contributed by atoms with E-state index < -0.39 is 5.91 Å². The molecule has 4 fully saturated rings. The van der Waals surface area contributed by atoms with Gasteiger partial charge in [-0.25, -0.2) is 4.98 Å². The van der Waals surface area contributed by atoms with Gasteiger partial charge in [0.2, 0.25) is 11.7 Å². The number of nitrogens with one attached hydrogen (secondary N) is 1. The molecule has 2 unspecified atom stereocenters. The van der Waals surface area contributed by atoms with Crippen molar-refractivity contribution in [3.8, 4) is 5.88 Å². The Morgan fingerprint density at radius 1 is 1.22 bits per heavy atom. The molecule has 9 heteroatoms. The minimum Gasteiger partial charge on any atom is -0.474 e. The van der Waals surface area contributed by atoms with Crippen molar-refractivity contribution in [2.45, 2.75) is 82.5 Å². The van der Waals surface area contributed by atoms with Crippen molar-refractivity contribution in [2.24, 2.45) is 5.41 Å². The fourth-order valence-corrected chi connectivity index (χ4v) is 6.34. The molecule has 188 valence electrons. The summed E-state index contributed by atoms with van der Waals surface area (Å²) in [7, 11) is 0. The van der Waals surface area contributed by atoms with Crippen LogP contribution in [0.1, 0.15) is 81.4 Å². The second-order valence-electron chi connectivity index (χ2n) is 11.8. The number of carbonyl (C=O) groups is 1. The first-order valence-electron chi connectivity index (χ1n) is 12.9. The van der Waals surface area contributed by atoms with Gasteiger partial charge in [-0.3, -0.25) is 14.0 Å². The molecule has 0 aromatic carbocycles. The van der Waals surface area contributed by atoms with Gasteiger partial charge in [0, 0.05) is 30.0 Å². The molecule has 1 N–H and O–H groups in total. The number of rotatable bonds is 6. The lowest BCUT2D eigenvalue weighted by atomic mass is 9.84. The quantitative estimate of drug-likeness (QED) is 0.564. The summed E-state index contributed by atoms with van der Waals surface area (Å²) < 4.78 is 15.5. The minimum absolute atomic E-state index is 0.0810. The van der Waals surface area contributed by atoms with Gasteiger partial charge in [0.15, 0.2) is 0 Å². The van der Waals surface area contributed by atoms with Crippen LogP contribution in [0.3, 0.4) is 0 Å². The van der Waals surface area contributed by atoms with Gasteiger partial charge in [-0.2, -0.15) is 4.98 Å². The maximum atomic E-state index is 13.4. The number of hydrogen-bond donors (Lipinski definition) is 1. The van der Waals surface area contributed by atoms with Gasteiger partial charge in [-0.15, -0.1) is 0 Å². The second kappa shape index (κ2) is 7.18. The van der Waals surface area contributed by atoms with Crippen LogP contribution in [0.15, 0.2) is 35.5 Å². The van der Waals surface area contributed by atoms with Gasteiger partial charge in [-0.05, 0) is 76.8 Å². The molecule has 3 saturated carbocycles. The lowest BCUT2D eigenvalue weighted by Crippen LogP contribution is -2.26. The van der Waals surface area contributed by atoms with Crippen LogP contribution in [0.4, 0.5) is 5.69 Å². The summed E-state index contributed by atoms with van der Waals surface area (Å²) in [5.41, 5.74) is 1.43. The van der Waals surface area contributed by atoms with Crippen molar-refractivity contribution < 1.29 is 14.3 Å². The summed E-state index contributed by atoms with van der Waals surface area (Å²) >= 11 is 0. The molecule has 4 heterocycles. The number of ether oxygens (including phenoxy) is 2. The highest BCUT2D eigenvalue weighted by molar-refractivity contribution is 6.05. The third-order valence-electron chi connectivity index (χ3n) is 8.69. The van der Waals surface area contributed by atoms with Gasteiger partial charge in [-0.1, -0.05) is 0 Å². The molecular weight excluding hydrogens is 458 g/mol. The number of nitrogens with zero attached hydrogens (tertiary/aromatic N) is 4. The van der Waals surface area contributed by atoms with Gasteiger partial charge < -0.3 is 19.4 Å². The molecule has 3 aromatic rings. The molecule has 0 radical (unpaired) electrons. The van der Waals surface area contributed by atoms with Crippen LogP contribution in [-0.4, -0.2) is 43.2 Å². The maximum Gasteiger partial charge on any atom is 0.274 e. The van der Waals surface area contributed by atoms with Crippen molar-refractivity contribution in [3.05, 3.63) is 52.3 Å². The highest BCUT2D eigenvalue weighted by atomic mass is 16.5. The molecule has 1 spiro atoms. The van der Waals surface area contributed by atoms with Crippen LogP contribution in [0, 0.1) is 5.41 Å². The first kappa shape index (κ1) is 22.0. The molecule has 9 nitrogen and oxygen atoms in total. The molecule has 3 aromatic heterocycles. The first-order chi connectivity index (χ1) is 17.2. The maximum absolute atomic E-state index is 13.4. The summed E-state index contributed by atoms with van der Waals surface area (Å²) in [6.45, 7) is 6.59. The van der Waals surface area contributed by atoms with Crippen molar-refractivity contribution in [2.75, 3.05) is 11.9 Å². The van der Waals surface area contributed by atoms with E-state index in [0.717, 1.165) is 31.4 Å². The van der Waals surface area contributed by atoms with Crippen LogP contribution >= 0.6 is 0 Å². The van der Waals surface area contributed by atoms with Crippen LogP contribution in [0.2, 0.25) is 0 Å². The fourth-order valence-electron chi connectivity index (χ4n) is 6.34. The first-order valence-corrected chi connectivity index (χ1v) is 12.9. The third-order valence-corrected chi connectivity index (χ3v) is 8.69. The minimum atomic E-state index is -0.433. The van der Waals surface area contributed by atoms with Crippen LogP contribution in [0.25, 0.3) is 5.78 Å². The van der Waals surface area contributed by atoms with Crippen LogP contribution in [-0.2, 0) is 10.2 Å². The largest absolute Gasteiger partial charge is 0.474 e. The highest BCUT2D eigenvalue weighted by Gasteiger charge is 2.64. The molecule has 7 rings (SSSR count). The highest BCUT2D eigenvalue weighted by Crippen LogP contribution is 2.72. The molecule has 1 saturated heterocycles. The van der Waals surface area contributed by atoms with E-state index in [4.69, 9.17) is 14.5 Å². The molecular formula is C27H31N5O4. The number of carbonyl (C=O) groups excluding carboxylic acids is 1. The second-order valence-corrected chi connectivity index (χ2v) is 11.8. The Labute approximate surface area is 208 Å². The zero-order valence-electron chi connectivity index (χ0n) is 20.9. The van der Waals surface area contributed by atoms with Crippen molar-refractivity contribution in [1.29, 1.82) is 0 Å². The zero-order chi connectivity index (χ0) is 24.9. The predicted octanol–water partition coefficient (Wildman–Crippen LogP) is 3.87.